The minimum absolute atomic E-state index is 0.874. The number of fused-ring (bicyclic) bond motifs is 2. The Kier molecular flexibility index (Phi) is 3.50. The van der Waals surface area contributed by atoms with Crippen LogP contribution in [0.5, 0.6) is 0 Å². The van der Waals surface area contributed by atoms with Gasteiger partial charge in [0.05, 0.1) is 0 Å². The van der Waals surface area contributed by atoms with Gasteiger partial charge in [-0.15, -0.1) is 0 Å². The first-order chi connectivity index (χ1) is 8.83. The predicted molar refractivity (Wildman–Crippen MR) is 73.3 cm³/mol. The summed E-state index contributed by atoms with van der Waals surface area (Å²) in [4.78, 5) is 4.24. The molecule has 3 heteroatoms. The number of allylic oxidation sites excluding steroid dienone is 2. The molecule has 3 nitrogen and oxygen atoms in total. The summed E-state index contributed by atoms with van der Waals surface area (Å²) >= 11 is 0. The van der Waals surface area contributed by atoms with Crippen molar-refractivity contribution in [2.45, 2.75) is 32.7 Å². The number of nitrogens with one attached hydrogen (secondary N) is 1. The van der Waals surface area contributed by atoms with Gasteiger partial charge in [0.2, 0.25) is 0 Å². The summed E-state index contributed by atoms with van der Waals surface area (Å²) in [5.74, 6) is 3.79. The van der Waals surface area contributed by atoms with Crippen molar-refractivity contribution in [3.8, 4) is 0 Å². The molecule has 2 aliphatic carbocycles. The molecule has 1 fully saturated rings. The van der Waals surface area contributed by atoms with E-state index in [0.717, 1.165) is 36.7 Å². The molecule has 0 aromatic carbocycles. The van der Waals surface area contributed by atoms with E-state index in [-0.39, 0.29) is 0 Å². The van der Waals surface area contributed by atoms with E-state index in [0.29, 0.717) is 0 Å². The molecule has 0 aliphatic heterocycles. The Labute approximate surface area is 109 Å². The van der Waals surface area contributed by atoms with E-state index in [1.165, 1.54) is 25.8 Å². The first-order valence-corrected chi connectivity index (χ1v) is 7.19. The number of hydrogen-bond acceptors (Lipinski definition) is 2. The number of imidazole rings is 1. The molecule has 3 rings (SSSR count). The van der Waals surface area contributed by atoms with Gasteiger partial charge in [0.1, 0.15) is 5.82 Å². The second-order valence-electron chi connectivity index (χ2n) is 5.77. The Bertz CT molecular complexity index is 421. The molecule has 0 saturated heterocycles. The summed E-state index contributed by atoms with van der Waals surface area (Å²) in [5, 5.41) is 3.63. The van der Waals surface area contributed by atoms with E-state index in [9.17, 15) is 0 Å². The van der Waals surface area contributed by atoms with Gasteiger partial charge < -0.3 is 9.88 Å². The third-order valence-electron chi connectivity index (χ3n) is 4.50. The summed E-state index contributed by atoms with van der Waals surface area (Å²) in [6, 6.07) is 0. The molecule has 0 spiro atoms. The van der Waals surface area contributed by atoms with Crippen molar-refractivity contribution >= 4 is 0 Å². The Morgan fingerprint density at radius 1 is 1.39 bits per heavy atom. The molecular formula is C15H23N3. The van der Waals surface area contributed by atoms with Gasteiger partial charge >= 0.3 is 0 Å². The lowest BCUT2D eigenvalue weighted by Gasteiger charge is -2.18. The highest BCUT2D eigenvalue weighted by atomic mass is 15.1. The van der Waals surface area contributed by atoms with E-state index in [1.807, 2.05) is 6.20 Å². The highest BCUT2D eigenvalue weighted by molar-refractivity contribution is 5.10. The quantitative estimate of drug-likeness (QED) is 0.616. The van der Waals surface area contributed by atoms with Crippen molar-refractivity contribution in [2.75, 3.05) is 13.1 Å². The normalized spacial score (nSPS) is 29.3. The van der Waals surface area contributed by atoms with Crippen LogP contribution in [-0.4, -0.2) is 22.6 Å². The number of aryl methyl sites for hydroxylation is 2. The van der Waals surface area contributed by atoms with Gasteiger partial charge in [-0.3, -0.25) is 0 Å². The highest BCUT2D eigenvalue weighted by Gasteiger charge is 2.34. The van der Waals surface area contributed by atoms with Crippen LogP contribution in [0.15, 0.2) is 24.5 Å². The second kappa shape index (κ2) is 5.27. The highest BCUT2D eigenvalue weighted by Crippen LogP contribution is 2.42. The topological polar surface area (TPSA) is 29.9 Å². The lowest BCUT2D eigenvalue weighted by atomic mass is 9.94. The summed E-state index contributed by atoms with van der Waals surface area (Å²) in [6.45, 7) is 5.47. The van der Waals surface area contributed by atoms with E-state index >= 15 is 0 Å². The molecule has 1 aromatic rings. The minimum atomic E-state index is 0.874. The second-order valence-corrected chi connectivity index (χ2v) is 5.77. The van der Waals surface area contributed by atoms with Crippen LogP contribution in [0.1, 0.15) is 25.1 Å². The molecule has 1 N–H and O–H groups in total. The standard InChI is InChI=1S/C15H23N3/c1-12-17-6-8-18(12)7-2-5-16-11-15-10-13-3-4-14(15)9-13/h3-4,6,8,13-16H,2,5,7,9-11H2,1H3/t13-,14-,15+/m0/s1. The van der Waals surface area contributed by atoms with Crippen LogP contribution in [0.25, 0.3) is 0 Å². The third kappa shape index (κ3) is 2.51. The molecule has 18 heavy (non-hydrogen) atoms. The average molecular weight is 245 g/mol. The smallest absolute Gasteiger partial charge is 0.105 e. The first-order valence-electron chi connectivity index (χ1n) is 7.19. The zero-order chi connectivity index (χ0) is 12.4. The number of aromatic nitrogens is 2. The molecule has 98 valence electrons. The van der Waals surface area contributed by atoms with Crippen LogP contribution in [0.3, 0.4) is 0 Å². The van der Waals surface area contributed by atoms with Crippen LogP contribution in [0, 0.1) is 24.7 Å². The number of hydrogen-bond donors (Lipinski definition) is 1. The van der Waals surface area contributed by atoms with Crippen LogP contribution < -0.4 is 5.32 Å². The Balaban J connectivity index is 1.32. The molecule has 2 aliphatic rings. The third-order valence-corrected chi connectivity index (χ3v) is 4.50. The van der Waals surface area contributed by atoms with Gasteiger partial charge in [0.25, 0.3) is 0 Å². The molecule has 0 radical (unpaired) electrons. The monoisotopic (exact) mass is 245 g/mol. The van der Waals surface area contributed by atoms with Crippen molar-refractivity contribution in [2.24, 2.45) is 17.8 Å². The van der Waals surface area contributed by atoms with Crippen molar-refractivity contribution in [1.29, 1.82) is 0 Å². The predicted octanol–water partition coefficient (Wildman–Crippen LogP) is 2.38. The molecule has 3 atom stereocenters. The lowest BCUT2D eigenvalue weighted by Crippen LogP contribution is -2.26. The molecule has 0 unspecified atom stereocenters. The molecule has 1 heterocycles. The Hall–Kier alpha value is -1.09. The maximum atomic E-state index is 4.24. The van der Waals surface area contributed by atoms with Crippen LogP contribution in [-0.2, 0) is 6.54 Å². The fraction of sp³-hybridized carbons (Fsp3) is 0.667. The summed E-state index contributed by atoms with van der Waals surface area (Å²) < 4.78 is 2.22. The number of rotatable bonds is 6. The van der Waals surface area contributed by atoms with E-state index < -0.39 is 0 Å². The van der Waals surface area contributed by atoms with Crippen molar-refractivity contribution in [3.05, 3.63) is 30.4 Å². The van der Waals surface area contributed by atoms with Gasteiger partial charge in [-0.1, -0.05) is 12.2 Å². The zero-order valence-corrected chi connectivity index (χ0v) is 11.2. The van der Waals surface area contributed by atoms with Gasteiger partial charge in [0.15, 0.2) is 0 Å². The van der Waals surface area contributed by atoms with Gasteiger partial charge in [-0.05, 0) is 57.0 Å². The van der Waals surface area contributed by atoms with Crippen molar-refractivity contribution in [1.82, 2.24) is 14.9 Å². The molecular weight excluding hydrogens is 222 g/mol. The lowest BCUT2D eigenvalue weighted by molar-refractivity contribution is 0.409. The molecule has 0 amide bonds. The molecule has 1 aromatic heterocycles. The SMILES string of the molecule is Cc1nccn1CCCNC[C@H]1C[C@H]2C=C[C@H]1C2. The summed E-state index contributed by atoms with van der Waals surface area (Å²) in [6.07, 6.45) is 12.8. The van der Waals surface area contributed by atoms with Crippen molar-refractivity contribution in [3.63, 3.8) is 0 Å². The van der Waals surface area contributed by atoms with Crippen LogP contribution >= 0.6 is 0 Å². The Morgan fingerprint density at radius 3 is 3.00 bits per heavy atom. The van der Waals surface area contributed by atoms with Crippen molar-refractivity contribution < 1.29 is 0 Å². The summed E-state index contributed by atoms with van der Waals surface area (Å²) in [7, 11) is 0. The van der Waals surface area contributed by atoms with Gasteiger partial charge in [-0.25, -0.2) is 4.98 Å². The first kappa shape index (κ1) is 12.0. The maximum Gasteiger partial charge on any atom is 0.105 e. The van der Waals surface area contributed by atoms with E-state index in [2.05, 4.69) is 40.1 Å². The largest absolute Gasteiger partial charge is 0.335 e. The molecule has 1 saturated carbocycles. The van der Waals surface area contributed by atoms with Gasteiger partial charge in [-0.2, -0.15) is 0 Å². The van der Waals surface area contributed by atoms with E-state index in [4.69, 9.17) is 0 Å². The zero-order valence-electron chi connectivity index (χ0n) is 11.2. The fourth-order valence-corrected chi connectivity index (χ4v) is 3.43. The minimum Gasteiger partial charge on any atom is -0.335 e. The van der Waals surface area contributed by atoms with E-state index in [1.54, 1.807) is 0 Å². The molecule has 2 bridgehead atoms. The maximum absolute atomic E-state index is 4.24. The fourth-order valence-electron chi connectivity index (χ4n) is 3.43. The van der Waals surface area contributed by atoms with Crippen LogP contribution in [0.2, 0.25) is 0 Å². The average Bonchev–Trinajstić information content (AvgIpc) is 3.06. The summed E-state index contributed by atoms with van der Waals surface area (Å²) in [5.41, 5.74) is 0. The Morgan fingerprint density at radius 2 is 2.33 bits per heavy atom. The van der Waals surface area contributed by atoms with Gasteiger partial charge in [0, 0.05) is 18.9 Å². The van der Waals surface area contributed by atoms with Crippen LogP contribution in [0.4, 0.5) is 0 Å². The number of nitrogens with zero attached hydrogens (tertiary/aromatic N) is 2.